The van der Waals surface area contributed by atoms with E-state index in [1.54, 1.807) is 16.7 Å². The molecule has 2 fully saturated rings. The van der Waals surface area contributed by atoms with E-state index in [1.165, 1.54) is 0 Å². The molecule has 2 aliphatic rings. The number of rotatable bonds is 4. The van der Waals surface area contributed by atoms with E-state index >= 15 is 0 Å². The van der Waals surface area contributed by atoms with Crippen LogP contribution in [0.3, 0.4) is 0 Å². The third-order valence-corrected chi connectivity index (χ3v) is 5.14. The summed E-state index contributed by atoms with van der Waals surface area (Å²) in [6, 6.07) is 7.97. The maximum atomic E-state index is 12.8. The summed E-state index contributed by atoms with van der Waals surface area (Å²) < 4.78 is 0. The van der Waals surface area contributed by atoms with Crippen molar-refractivity contribution in [1.29, 1.82) is 0 Å². The molecule has 1 heterocycles. The van der Waals surface area contributed by atoms with Gasteiger partial charge < -0.3 is 15.1 Å². The summed E-state index contributed by atoms with van der Waals surface area (Å²) in [4.78, 5) is 40.3. The summed E-state index contributed by atoms with van der Waals surface area (Å²) in [5.41, 5.74) is 1.29. The van der Waals surface area contributed by atoms with Gasteiger partial charge in [-0.25, -0.2) is 0 Å². The first kappa shape index (κ1) is 17.5. The normalized spacial score (nSPS) is 18.6. The molecule has 25 heavy (non-hydrogen) atoms. The lowest BCUT2D eigenvalue weighted by molar-refractivity contribution is -0.147. The molecule has 1 aromatic carbocycles. The molecule has 0 unspecified atom stereocenters. The van der Waals surface area contributed by atoms with Crippen LogP contribution in [0.15, 0.2) is 24.3 Å². The summed E-state index contributed by atoms with van der Waals surface area (Å²) >= 11 is 0. The first-order valence-corrected chi connectivity index (χ1v) is 8.81. The number of hydrogen-bond donors (Lipinski definition) is 1. The van der Waals surface area contributed by atoms with Gasteiger partial charge in [0.1, 0.15) is 5.41 Å². The number of amides is 3. The monoisotopic (exact) mass is 343 g/mol. The van der Waals surface area contributed by atoms with Gasteiger partial charge in [-0.05, 0) is 25.3 Å². The first-order chi connectivity index (χ1) is 11.9. The molecule has 1 aromatic rings. The topological polar surface area (TPSA) is 69.7 Å². The zero-order valence-corrected chi connectivity index (χ0v) is 14.9. The predicted octanol–water partition coefficient (Wildman–Crippen LogP) is 1.08. The van der Waals surface area contributed by atoms with Gasteiger partial charge in [-0.15, -0.1) is 0 Å². The Kier molecular flexibility index (Phi) is 4.79. The van der Waals surface area contributed by atoms with Crippen LogP contribution < -0.4 is 5.32 Å². The molecular weight excluding hydrogens is 318 g/mol. The standard InChI is InChI=1S/C19H25N3O3/c1-14-4-3-5-16(12-14)13-20-17(24)19(6-7-19)18(25)22-10-8-21(9-11-22)15(2)23/h3-5,12H,6-11,13H2,1-2H3,(H,20,24). The van der Waals surface area contributed by atoms with Crippen LogP contribution in [-0.4, -0.2) is 53.7 Å². The molecular formula is C19H25N3O3. The van der Waals surface area contributed by atoms with E-state index in [-0.39, 0.29) is 17.7 Å². The molecule has 1 aliphatic heterocycles. The van der Waals surface area contributed by atoms with Crippen LogP contribution in [-0.2, 0) is 20.9 Å². The van der Waals surface area contributed by atoms with Crippen LogP contribution >= 0.6 is 0 Å². The minimum atomic E-state index is -0.887. The van der Waals surface area contributed by atoms with Crippen LogP contribution in [0.4, 0.5) is 0 Å². The van der Waals surface area contributed by atoms with Crippen molar-refractivity contribution in [1.82, 2.24) is 15.1 Å². The molecule has 1 N–H and O–H groups in total. The lowest BCUT2D eigenvalue weighted by Crippen LogP contribution is -2.54. The molecule has 6 nitrogen and oxygen atoms in total. The Labute approximate surface area is 148 Å². The van der Waals surface area contributed by atoms with Crippen LogP contribution in [0.5, 0.6) is 0 Å². The molecule has 0 bridgehead atoms. The van der Waals surface area contributed by atoms with E-state index < -0.39 is 5.41 Å². The molecule has 3 rings (SSSR count). The van der Waals surface area contributed by atoms with Gasteiger partial charge in [0.05, 0.1) is 0 Å². The van der Waals surface area contributed by atoms with Crippen molar-refractivity contribution in [2.75, 3.05) is 26.2 Å². The second kappa shape index (κ2) is 6.86. The number of benzene rings is 1. The molecule has 1 aliphatic carbocycles. The number of nitrogens with zero attached hydrogens (tertiary/aromatic N) is 2. The minimum absolute atomic E-state index is 0.0316. The largest absolute Gasteiger partial charge is 0.351 e. The van der Waals surface area contributed by atoms with Crippen molar-refractivity contribution in [2.24, 2.45) is 5.41 Å². The van der Waals surface area contributed by atoms with Gasteiger partial charge in [-0.3, -0.25) is 14.4 Å². The Bertz CT molecular complexity index is 689. The highest BCUT2D eigenvalue weighted by molar-refractivity contribution is 6.07. The molecule has 1 saturated carbocycles. The molecule has 0 radical (unpaired) electrons. The molecule has 1 saturated heterocycles. The fourth-order valence-electron chi connectivity index (χ4n) is 3.36. The Morgan fingerprint density at radius 1 is 1.08 bits per heavy atom. The van der Waals surface area contributed by atoms with Gasteiger partial charge in [-0.2, -0.15) is 0 Å². The summed E-state index contributed by atoms with van der Waals surface area (Å²) in [6.07, 6.45) is 1.22. The third-order valence-electron chi connectivity index (χ3n) is 5.14. The quantitative estimate of drug-likeness (QED) is 0.832. The second-order valence-corrected chi connectivity index (χ2v) is 7.05. The van der Waals surface area contributed by atoms with Crippen molar-refractivity contribution >= 4 is 17.7 Å². The molecule has 0 atom stereocenters. The Morgan fingerprint density at radius 3 is 2.28 bits per heavy atom. The summed E-state index contributed by atoms with van der Waals surface area (Å²) in [5.74, 6) is -0.227. The zero-order chi connectivity index (χ0) is 18.0. The maximum absolute atomic E-state index is 12.8. The molecule has 134 valence electrons. The van der Waals surface area contributed by atoms with Gasteiger partial charge in [-0.1, -0.05) is 29.8 Å². The Balaban J connectivity index is 1.57. The summed E-state index contributed by atoms with van der Waals surface area (Å²) in [6.45, 7) is 6.09. The number of nitrogens with one attached hydrogen (secondary N) is 1. The Hall–Kier alpha value is -2.37. The predicted molar refractivity (Wildman–Crippen MR) is 93.5 cm³/mol. The number of carbonyl (C=O) groups is 3. The van der Waals surface area contributed by atoms with E-state index in [2.05, 4.69) is 5.32 Å². The van der Waals surface area contributed by atoms with Gasteiger partial charge >= 0.3 is 0 Å². The molecule has 3 amide bonds. The van der Waals surface area contributed by atoms with Gasteiger partial charge in [0, 0.05) is 39.6 Å². The van der Waals surface area contributed by atoms with E-state index in [9.17, 15) is 14.4 Å². The molecule has 6 heteroatoms. The molecule has 0 spiro atoms. The second-order valence-electron chi connectivity index (χ2n) is 7.05. The van der Waals surface area contributed by atoms with Crippen LogP contribution in [0.25, 0.3) is 0 Å². The van der Waals surface area contributed by atoms with Crippen LogP contribution in [0, 0.1) is 12.3 Å². The highest BCUT2D eigenvalue weighted by Crippen LogP contribution is 2.47. The third kappa shape index (κ3) is 3.67. The van der Waals surface area contributed by atoms with Crippen molar-refractivity contribution < 1.29 is 14.4 Å². The van der Waals surface area contributed by atoms with E-state index in [1.807, 2.05) is 31.2 Å². The maximum Gasteiger partial charge on any atom is 0.238 e. The van der Waals surface area contributed by atoms with Crippen molar-refractivity contribution in [3.63, 3.8) is 0 Å². The average molecular weight is 343 g/mol. The van der Waals surface area contributed by atoms with Gasteiger partial charge in [0.2, 0.25) is 17.7 Å². The number of carbonyl (C=O) groups excluding carboxylic acids is 3. The minimum Gasteiger partial charge on any atom is -0.351 e. The highest BCUT2D eigenvalue weighted by Gasteiger charge is 2.58. The molecule has 0 aromatic heterocycles. The smallest absolute Gasteiger partial charge is 0.238 e. The van der Waals surface area contributed by atoms with Crippen LogP contribution in [0.1, 0.15) is 30.9 Å². The van der Waals surface area contributed by atoms with Crippen molar-refractivity contribution in [2.45, 2.75) is 33.2 Å². The first-order valence-electron chi connectivity index (χ1n) is 8.81. The van der Waals surface area contributed by atoms with E-state index in [0.717, 1.165) is 11.1 Å². The highest BCUT2D eigenvalue weighted by atomic mass is 16.2. The number of aryl methyl sites for hydroxylation is 1. The van der Waals surface area contributed by atoms with Crippen molar-refractivity contribution in [3.8, 4) is 0 Å². The fourth-order valence-corrected chi connectivity index (χ4v) is 3.36. The van der Waals surface area contributed by atoms with Crippen LogP contribution in [0.2, 0.25) is 0 Å². The summed E-state index contributed by atoms with van der Waals surface area (Å²) in [5, 5.41) is 2.92. The number of piperazine rings is 1. The van der Waals surface area contributed by atoms with Crippen molar-refractivity contribution in [3.05, 3.63) is 35.4 Å². The fraction of sp³-hybridized carbons (Fsp3) is 0.526. The lowest BCUT2D eigenvalue weighted by atomic mass is 10.0. The SMILES string of the molecule is CC(=O)N1CCN(C(=O)C2(C(=O)NCc3cccc(C)c3)CC2)CC1. The van der Waals surface area contributed by atoms with E-state index in [4.69, 9.17) is 0 Å². The average Bonchev–Trinajstić information content (AvgIpc) is 3.41. The Morgan fingerprint density at radius 2 is 1.72 bits per heavy atom. The lowest BCUT2D eigenvalue weighted by Gasteiger charge is -2.35. The van der Waals surface area contributed by atoms with Gasteiger partial charge in [0.15, 0.2) is 0 Å². The van der Waals surface area contributed by atoms with E-state index in [0.29, 0.717) is 45.6 Å². The zero-order valence-electron chi connectivity index (χ0n) is 14.9. The van der Waals surface area contributed by atoms with Gasteiger partial charge in [0.25, 0.3) is 0 Å². The summed E-state index contributed by atoms with van der Waals surface area (Å²) in [7, 11) is 0. The number of hydrogen-bond acceptors (Lipinski definition) is 3.